The number of rotatable bonds is 4. The molecule has 1 fully saturated rings. The Labute approximate surface area is 126 Å². The number of hydrogen-bond acceptors (Lipinski definition) is 4. The van der Waals surface area contributed by atoms with Gasteiger partial charge in [0.05, 0.1) is 6.42 Å². The van der Waals surface area contributed by atoms with Gasteiger partial charge in [0.1, 0.15) is 5.60 Å². The highest BCUT2D eigenvalue weighted by Crippen LogP contribution is 2.18. The third-order valence-corrected chi connectivity index (χ3v) is 3.43. The minimum Gasteiger partial charge on any atom is -0.460 e. The van der Waals surface area contributed by atoms with Crippen molar-refractivity contribution in [3.63, 3.8) is 0 Å². The van der Waals surface area contributed by atoms with E-state index in [1.54, 1.807) is 32.7 Å². The van der Waals surface area contributed by atoms with Crippen molar-refractivity contribution in [3.8, 4) is 0 Å². The first-order chi connectivity index (χ1) is 9.73. The van der Waals surface area contributed by atoms with Crippen molar-refractivity contribution in [2.45, 2.75) is 52.1 Å². The molecule has 0 atom stereocenters. The predicted molar refractivity (Wildman–Crippen MR) is 78.4 cm³/mol. The molecule has 0 aromatic carbocycles. The number of nitrogens with one attached hydrogen (secondary N) is 1. The molecule has 0 bridgehead atoms. The molecule has 1 heterocycles. The second kappa shape index (κ2) is 7.43. The molecular formula is C15H26N2O4. The molecule has 2 amide bonds. The van der Waals surface area contributed by atoms with Gasteiger partial charge in [0.15, 0.2) is 0 Å². The minimum absolute atomic E-state index is 0.00935. The number of ether oxygens (including phenoxy) is 1. The average molecular weight is 298 g/mol. The maximum Gasteiger partial charge on any atom is 0.306 e. The number of likely N-dealkylation sites (tertiary alicyclic amines) is 1. The van der Waals surface area contributed by atoms with E-state index < -0.39 is 5.60 Å². The molecular weight excluding hydrogens is 272 g/mol. The summed E-state index contributed by atoms with van der Waals surface area (Å²) in [7, 11) is 1.63. The SMILES string of the molecule is CNC(=O)C1CCN(C(=O)CCC(=O)OC(C)(C)C)CC1. The van der Waals surface area contributed by atoms with Gasteiger partial charge in [-0.15, -0.1) is 0 Å². The van der Waals surface area contributed by atoms with Crippen LogP contribution < -0.4 is 5.32 Å². The Balaban J connectivity index is 2.31. The largest absolute Gasteiger partial charge is 0.460 e. The molecule has 0 aromatic rings. The molecule has 0 saturated carbocycles. The van der Waals surface area contributed by atoms with Gasteiger partial charge < -0.3 is 15.0 Å². The summed E-state index contributed by atoms with van der Waals surface area (Å²) in [6, 6.07) is 0. The monoisotopic (exact) mass is 298 g/mol. The lowest BCUT2D eigenvalue weighted by Gasteiger charge is -2.31. The Kier molecular flexibility index (Phi) is 6.18. The van der Waals surface area contributed by atoms with E-state index in [0.717, 1.165) is 0 Å². The fourth-order valence-corrected chi connectivity index (χ4v) is 2.35. The van der Waals surface area contributed by atoms with Crippen molar-refractivity contribution in [1.82, 2.24) is 10.2 Å². The van der Waals surface area contributed by atoms with Crippen LogP contribution in [-0.2, 0) is 19.1 Å². The molecule has 1 aliphatic rings. The molecule has 120 valence electrons. The van der Waals surface area contributed by atoms with E-state index in [1.807, 2.05) is 0 Å². The highest BCUT2D eigenvalue weighted by molar-refractivity contribution is 5.82. The average Bonchev–Trinajstić information content (AvgIpc) is 2.42. The molecule has 6 heteroatoms. The predicted octanol–water partition coefficient (Wildman–Crippen LogP) is 1.09. The third kappa shape index (κ3) is 6.14. The Morgan fingerprint density at radius 2 is 1.71 bits per heavy atom. The van der Waals surface area contributed by atoms with Crippen LogP contribution in [0.2, 0.25) is 0 Å². The lowest BCUT2D eigenvalue weighted by molar-refractivity contribution is -0.156. The van der Waals surface area contributed by atoms with Crippen LogP contribution >= 0.6 is 0 Å². The first-order valence-electron chi connectivity index (χ1n) is 7.44. The highest BCUT2D eigenvalue weighted by atomic mass is 16.6. The first-order valence-corrected chi connectivity index (χ1v) is 7.44. The first kappa shape index (κ1) is 17.5. The molecule has 1 saturated heterocycles. The zero-order valence-corrected chi connectivity index (χ0v) is 13.4. The zero-order valence-electron chi connectivity index (χ0n) is 13.4. The summed E-state index contributed by atoms with van der Waals surface area (Å²) in [4.78, 5) is 36.9. The molecule has 6 nitrogen and oxygen atoms in total. The molecule has 1 rings (SSSR count). The summed E-state index contributed by atoms with van der Waals surface area (Å²) < 4.78 is 5.18. The highest BCUT2D eigenvalue weighted by Gasteiger charge is 2.27. The Morgan fingerprint density at radius 3 is 2.19 bits per heavy atom. The minimum atomic E-state index is -0.522. The molecule has 1 aliphatic heterocycles. The van der Waals surface area contributed by atoms with E-state index in [1.165, 1.54) is 0 Å². The van der Waals surface area contributed by atoms with Gasteiger partial charge in [0.25, 0.3) is 0 Å². The van der Waals surface area contributed by atoms with Crippen molar-refractivity contribution in [3.05, 3.63) is 0 Å². The Morgan fingerprint density at radius 1 is 1.14 bits per heavy atom. The van der Waals surface area contributed by atoms with Crippen LogP contribution in [0.4, 0.5) is 0 Å². The van der Waals surface area contributed by atoms with Gasteiger partial charge in [0, 0.05) is 32.5 Å². The molecule has 21 heavy (non-hydrogen) atoms. The van der Waals surface area contributed by atoms with Crippen molar-refractivity contribution in [1.29, 1.82) is 0 Å². The summed E-state index contributed by atoms with van der Waals surface area (Å²) in [6.45, 7) is 6.55. The van der Waals surface area contributed by atoms with Gasteiger partial charge in [-0.25, -0.2) is 0 Å². The fourth-order valence-electron chi connectivity index (χ4n) is 2.35. The number of nitrogens with zero attached hydrogens (tertiary/aromatic N) is 1. The van der Waals surface area contributed by atoms with Gasteiger partial charge in [0.2, 0.25) is 11.8 Å². The van der Waals surface area contributed by atoms with Gasteiger partial charge in [-0.2, -0.15) is 0 Å². The van der Waals surface area contributed by atoms with E-state index in [0.29, 0.717) is 25.9 Å². The quantitative estimate of drug-likeness (QED) is 0.788. The lowest BCUT2D eigenvalue weighted by Crippen LogP contribution is -2.42. The Bertz CT molecular complexity index is 393. The fraction of sp³-hybridized carbons (Fsp3) is 0.800. The van der Waals surface area contributed by atoms with E-state index in [4.69, 9.17) is 4.74 Å². The van der Waals surface area contributed by atoms with E-state index in [-0.39, 0.29) is 36.5 Å². The normalized spacial score (nSPS) is 16.5. The van der Waals surface area contributed by atoms with Crippen molar-refractivity contribution < 1.29 is 19.1 Å². The van der Waals surface area contributed by atoms with Crippen LogP contribution in [0.15, 0.2) is 0 Å². The summed E-state index contributed by atoms with van der Waals surface area (Å²) in [5, 5.41) is 2.64. The van der Waals surface area contributed by atoms with Crippen molar-refractivity contribution in [2.75, 3.05) is 20.1 Å². The van der Waals surface area contributed by atoms with Gasteiger partial charge in [-0.1, -0.05) is 0 Å². The molecule has 0 unspecified atom stereocenters. The topological polar surface area (TPSA) is 75.7 Å². The number of hydrogen-bond donors (Lipinski definition) is 1. The summed E-state index contributed by atoms with van der Waals surface area (Å²) in [5.41, 5.74) is -0.522. The number of esters is 1. The number of amides is 2. The lowest BCUT2D eigenvalue weighted by atomic mass is 9.96. The molecule has 1 N–H and O–H groups in total. The second-order valence-corrected chi connectivity index (χ2v) is 6.36. The van der Waals surface area contributed by atoms with Gasteiger partial charge in [-0.05, 0) is 33.6 Å². The maximum absolute atomic E-state index is 12.0. The number of carbonyl (C=O) groups excluding carboxylic acids is 3. The van der Waals surface area contributed by atoms with Crippen LogP contribution in [0, 0.1) is 5.92 Å². The van der Waals surface area contributed by atoms with Gasteiger partial charge in [-0.3, -0.25) is 14.4 Å². The standard InChI is InChI=1S/C15H26N2O4/c1-15(2,3)21-13(19)6-5-12(18)17-9-7-11(8-10-17)14(20)16-4/h11H,5-10H2,1-4H3,(H,16,20). The third-order valence-electron chi connectivity index (χ3n) is 3.43. The van der Waals surface area contributed by atoms with E-state index >= 15 is 0 Å². The second-order valence-electron chi connectivity index (χ2n) is 6.36. The number of carbonyl (C=O) groups is 3. The summed E-state index contributed by atoms with van der Waals surface area (Å²) in [6.07, 6.45) is 1.63. The zero-order chi connectivity index (χ0) is 16.0. The van der Waals surface area contributed by atoms with Crippen molar-refractivity contribution >= 4 is 17.8 Å². The molecule has 0 aliphatic carbocycles. The molecule has 0 radical (unpaired) electrons. The van der Waals surface area contributed by atoms with Crippen LogP contribution in [-0.4, -0.2) is 48.4 Å². The van der Waals surface area contributed by atoms with Crippen LogP contribution in [0.3, 0.4) is 0 Å². The summed E-state index contributed by atoms with van der Waals surface area (Å²) >= 11 is 0. The van der Waals surface area contributed by atoms with E-state index in [2.05, 4.69) is 5.32 Å². The smallest absolute Gasteiger partial charge is 0.306 e. The van der Waals surface area contributed by atoms with Crippen molar-refractivity contribution in [2.24, 2.45) is 5.92 Å². The van der Waals surface area contributed by atoms with E-state index in [9.17, 15) is 14.4 Å². The molecule has 0 aromatic heterocycles. The summed E-state index contributed by atoms with van der Waals surface area (Å²) in [5.74, 6) is -0.368. The van der Waals surface area contributed by atoms with Gasteiger partial charge >= 0.3 is 5.97 Å². The number of piperidine rings is 1. The molecule has 0 spiro atoms. The maximum atomic E-state index is 12.0. The van der Waals surface area contributed by atoms with Crippen LogP contribution in [0.1, 0.15) is 46.5 Å². The van der Waals surface area contributed by atoms with Crippen LogP contribution in [0.5, 0.6) is 0 Å². The Hall–Kier alpha value is -1.59. The van der Waals surface area contributed by atoms with Crippen LogP contribution in [0.25, 0.3) is 0 Å².